The van der Waals surface area contributed by atoms with Crippen molar-refractivity contribution in [1.29, 1.82) is 0 Å². The molecule has 1 aromatic rings. The lowest BCUT2D eigenvalue weighted by Gasteiger charge is -2.39. The van der Waals surface area contributed by atoms with Gasteiger partial charge in [-0.25, -0.2) is 4.79 Å². The number of aliphatic hydroxyl groups is 1. The summed E-state index contributed by atoms with van der Waals surface area (Å²) in [5.74, 6) is 0.496. The molecule has 0 amide bonds. The first kappa shape index (κ1) is 26.0. The average molecular weight is 483 g/mol. The van der Waals surface area contributed by atoms with Crippen molar-refractivity contribution in [2.75, 3.05) is 7.11 Å². The van der Waals surface area contributed by atoms with Crippen molar-refractivity contribution < 1.29 is 14.6 Å². The summed E-state index contributed by atoms with van der Waals surface area (Å²) >= 11 is 8.29. The summed E-state index contributed by atoms with van der Waals surface area (Å²) in [6.45, 7) is 2.29. The number of methoxy groups -OCH3 is 1. The molecule has 2 fully saturated rings. The van der Waals surface area contributed by atoms with Crippen molar-refractivity contribution in [2.45, 2.75) is 115 Å². The largest absolute Gasteiger partial charge is 0.465 e. The van der Waals surface area contributed by atoms with Gasteiger partial charge in [0, 0.05) is 10.3 Å². The normalized spacial score (nSPS) is 27.5. The fourth-order valence-corrected chi connectivity index (χ4v) is 7.78. The van der Waals surface area contributed by atoms with Crippen LogP contribution in [-0.2, 0) is 11.2 Å². The number of carbonyl (C=O) groups is 1. The Morgan fingerprint density at radius 2 is 1.91 bits per heavy atom. The van der Waals surface area contributed by atoms with Crippen LogP contribution in [0.1, 0.15) is 111 Å². The van der Waals surface area contributed by atoms with E-state index < -0.39 is 0 Å². The van der Waals surface area contributed by atoms with Gasteiger partial charge in [-0.3, -0.25) is 0 Å². The van der Waals surface area contributed by atoms with Gasteiger partial charge in [0.15, 0.2) is 0 Å². The zero-order valence-corrected chi connectivity index (χ0v) is 21.7. The van der Waals surface area contributed by atoms with Crippen LogP contribution in [0.4, 0.5) is 0 Å². The Labute approximate surface area is 204 Å². The molecule has 0 spiro atoms. The van der Waals surface area contributed by atoms with Crippen LogP contribution in [0.15, 0.2) is 12.1 Å². The fourth-order valence-electron chi connectivity index (χ4n) is 6.32. The highest BCUT2D eigenvalue weighted by Crippen LogP contribution is 2.48. The van der Waals surface area contributed by atoms with Crippen molar-refractivity contribution in [2.24, 2.45) is 17.3 Å². The molecule has 0 aromatic carbocycles. The number of unbranched alkanes of at least 4 members (excludes halogenated alkanes) is 2. The topological polar surface area (TPSA) is 46.5 Å². The number of ether oxygens (including phenoxy) is 1. The SMILES string of the molecule is CCCCCC1(CCC2C(O)CC(Cl)C2CCCc2ccc(C(=O)OC)s2)CCCCC1. The number of hydrogen-bond acceptors (Lipinski definition) is 4. The molecule has 182 valence electrons. The maximum atomic E-state index is 11.7. The molecular weight excluding hydrogens is 440 g/mol. The highest BCUT2D eigenvalue weighted by Gasteiger charge is 2.42. The van der Waals surface area contributed by atoms with Gasteiger partial charge in [-0.05, 0) is 87.2 Å². The Morgan fingerprint density at radius 1 is 1.12 bits per heavy atom. The van der Waals surface area contributed by atoms with E-state index in [0.717, 1.165) is 32.1 Å². The highest BCUT2D eigenvalue weighted by molar-refractivity contribution is 7.13. The number of aliphatic hydroxyl groups excluding tert-OH is 1. The van der Waals surface area contributed by atoms with Crippen molar-refractivity contribution in [3.63, 3.8) is 0 Å². The van der Waals surface area contributed by atoms with Crippen LogP contribution in [0.25, 0.3) is 0 Å². The van der Waals surface area contributed by atoms with Crippen molar-refractivity contribution in [3.05, 3.63) is 21.9 Å². The highest BCUT2D eigenvalue weighted by atomic mass is 35.5. The average Bonchev–Trinajstić information content (AvgIpc) is 3.37. The number of rotatable bonds is 12. The van der Waals surface area contributed by atoms with Crippen LogP contribution in [-0.4, -0.2) is 29.7 Å². The van der Waals surface area contributed by atoms with Gasteiger partial charge in [0.1, 0.15) is 4.88 Å². The zero-order chi connectivity index (χ0) is 23.0. The van der Waals surface area contributed by atoms with Crippen LogP contribution in [0, 0.1) is 17.3 Å². The molecule has 0 radical (unpaired) electrons. The smallest absolute Gasteiger partial charge is 0.348 e. The van der Waals surface area contributed by atoms with E-state index in [9.17, 15) is 9.90 Å². The van der Waals surface area contributed by atoms with Gasteiger partial charge in [-0.2, -0.15) is 0 Å². The molecule has 2 saturated carbocycles. The van der Waals surface area contributed by atoms with E-state index in [1.54, 1.807) is 0 Å². The van der Waals surface area contributed by atoms with E-state index in [0.29, 0.717) is 22.1 Å². The van der Waals surface area contributed by atoms with E-state index in [1.165, 1.54) is 87.5 Å². The van der Waals surface area contributed by atoms with Crippen LogP contribution < -0.4 is 0 Å². The number of carbonyl (C=O) groups excluding carboxylic acids is 1. The number of aryl methyl sites for hydroxylation is 1. The van der Waals surface area contributed by atoms with Crippen molar-refractivity contribution in [1.82, 2.24) is 0 Å². The summed E-state index contributed by atoms with van der Waals surface area (Å²) in [6.07, 6.45) is 18.3. The van der Waals surface area contributed by atoms with E-state index in [4.69, 9.17) is 16.3 Å². The second-order valence-corrected chi connectivity index (χ2v) is 12.1. The van der Waals surface area contributed by atoms with Crippen LogP contribution >= 0.6 is 22.9 Å². The molecule has 0 bridgehead atoms. The Hall–Kier alpha value is -0.580. The standard InChI is InChI=1S/C27H43ClO3S/c1-3-4-6-15-27(16-7-5-8-17-27)18-14-22-21(23(28)19-24(22)29)11-9-10-20-12-13-25(32-20)26(30)31-2/h12-13,21-24,29H,3-11,14-19H2,1-2H3. The second-order valence-electron chi connectivity index (χ2n) is 10.4. The van der Waals surface area contributed by atoms with Gasteiger partial charge >= 0.3 is 5.97 Å². The summed E-state index contributed by atoms with van der Waals surface area (Å²) in [7, 11) is 1.43. The molecule has 0 saturated heterocycles. The zero-order valence-electron chi connectivity index (χ0n) is 20.1. The van der Waals surface area contributed by atoms with E-state index >= 15 is 0 Å². The van der Waals surface area contributed by atoms with E-state index in [1.807, 2.05) is 12.1 Å². The first-order chi connectivity index (χ1) is 15.5. The first-order valence-electron chi connectivity index (χ1n) is 13.0. The van der Waals surface area contributed by atoms with Crippen molar-refractivity contribution in [3.8, 4) is 0 Å². The summed E-state index contributed by atoms with van der Waals surface area (Å²) in [6, 6.07) is 3.90. The minimum Gasteiger partial charge on any atom is -0.465 e. The number of alkyl halides is 1. The van der Waals surface area contributed by atoms with Gasteiger partial charge in [-0.15, -0.1) is 22.9 Å². The van der Waals surface area contributed by atoms with Gasteiger partial charge in [0.05, 0.1) is 13.2 Å². The number of halogens is 1. The van der Waals surface area contributed by atoms with Crippen LogP contribution in [0.3, 0.4) is 0 Å². The van der Waals surface area contributed by atoms with E-state index in [2.05, 4.69) is 6.92 Å². The summed E-state index contributed by atoms with van der Waals surface area (Å²) in [5, 5.41) is 10.9. The van der Waals surface area contributed by atoms with Crippen LogP contribution in [0.5, 0.6) is 0 Å². The third kappa shape index (κ3) is 6.96. The molecule has 4 unspecified atom stereocenters. The maximum Gasteiger partial charge on any atom is 0.348 e. The Kier molecular flexibility index (Phi) is 10.4. The molecule has 4 atom stereocenters. The van der Waals surface area contributed by atoms with Gasteiger partial charge in [0.2, 0.25) is 0 Å². The lowest BCUT2D eigenvalue weighted by molar-refractivity contribution is 0.0606. The minimum absolute atomic E-state index is 0.0892. The van der Waals surface area contributed by atoms with Gasteiger partial charge in [0.25, 0.3) is 0 Å². The minimum atomic E-state index is -0.253. The fraction of sp³-hybridized carbons (Fsp3) is 0.815. The molecule has 32 heavy (non-hydrogen) atoms. The molecule has 5 heteroatoms. The summed E-state index contributed by atoms with van der Waals surface area (Å²) < 4.78 is 4.82. The van der Waals surface area contributed by atoms with Crippen molar-refractivity contribution >= 4 is 28.9 Å². The Morgan fingerprint density at radius 3 is 2.62 bits per heavy atom. The lowest BCUT2D eigenvalue weighted by Crippen LogP contribution is -2.28. The maximum absolute atomic E-state index is 11.7. The summed E-state index contributed by atoms with van der Waals surface area (Å²) in [4.78, 5) is 13.6. The van der Waals surface area contributed by atoms with E-state index in [-0.39, 0.29) is 17.5 Å². The van der Waals surface area contributed by atoms with Gasteiger partial charge < -0.3 is 9.84 Å². The third-order valence-electron chi connectivity index (χ3n) is 8.22. The first-order valence-corrected chi connectivity index (χ1v) is 14.2. The summed E-state index contributed by atoms with van der Waals surface area (Å²) in [5.41, 5.74) is 0.517. The molecule has 1 heterocycles. The molecule has 2 aliphatic carbocycles. The Bertz CT molecular complexity index is 697. The molecule has 3 nitrogen and oxygen atoms in total. The molecule has 2 aliphatic rings. The molecule has 0 aliphatic heterocycles. The predicted octanol–water partition coefficient (Wildman–Crippen LogP) is 7.77. The Balaban J connectivity index is 1.53. The molecule has 3 rings (SSSR count). The number of esters is 1. The molecule has 1 N–H and O–H groups in total. The number of thiophene rings is 1. The monoisotopic (exact) mass is 482 g/mol. The second kappa shape index (κ2) is 12.8. The molecule has 1 aromatic heterocycles. The lowest BCUT2D eigenvalue weighted by atomic mass is 9.66. The molecular formula is C27H43ClO3S. The van der Waals surface area contributed by atoms with Gasteiger partial charge in [-0.1, -0.05) is 45.4 Å². The predicted molar refractivity (Wildman–Crippen MR) is 135 cm³/mol. The number of hydrogen-bond donors (Lipinski definition) is 1. The van der Waals surface area contributed by atoms with Crippen LogP contribution in [0.2, 0.25) is 0 Å². The third-order valence-corrected chi connectivity index (χ3v) is 9.84. The quantitative estimate of drug-likeness (QED) is 0.188.